The normalized spacial score (nSPS) is 23.6. The topological polar surface area (TPSA) is 40.6 Å². The van der Waals surface area contributed by atoms with Crippen LogP contribution in [0.15, 0.2) is 0 Å². The van der Waals surface area contributed by atoms with Crippen molar-refractivity contribution in [2.45, 2.75) is 26.3 Å². The summed E-state index contributed by atoms with van der Waals surface area (Å²) in [4.78, 5) is 22.7. The highest BCUT2D eigenvalue weighted by atomic mass is 79.9. The molecule has 74 valence electrons. The molecule has 0 radical (unpaired) electrons. The van der Waals surface area contributed by atoms with Crippen LogP contribution in [0, 0.1) is 5.92 Å². The second kappa shape index (κ2) is 3.96. The number of carbonyl (C=O) groups is 2. The minimum Gasteiger partial charge on any atom is -0.271 e. The maximum Gasteiger partial charge on any atom is 0.347 e. The fourth-order valence-corrected chi connectivity index (χ4v) is 2.30. The molecular formula is C7H10Br2N2O2. The van der Waals surface area contributed by atoms with Crippen molar-refractivity contribution in [2.24, 2.45) is 5.92 Å². The van der Waals surface area contributed by atoms with E-state index >= 15 is 0 Å². The van der Waals surface area contributed by atoms with Crippen LogP contribution in [0.2, 0.25) is 0 Å². The number of carbonyl (C=O) groups excluding carboxylic acids is 2. The summed E-state index contributed by atoms with van der Waals surface area (Å²) in [5.74, 6) is 0.163. The van der Waals surface area contributed by atoms with Gasteiger partial charge in [-0.3, -0.25) is 4.79 Å². The van der Waals surface area contributed by atoms with Gasteiger partial charge in [0.1, 0.15) is 6.04 Å². The average molecular weight is 314 g/mol. The third-order valence-electron chi connectivity index (χ3n) is 1.80. The quantitative estimate of drug-likeness (QED) is 0.579. The number of imide groups is 1. The summed E-state index contributed by atoms with van der Waals surface area (Å²) in [6.45, 7) is 4.02. The molecule has 0 aromatic heterocycles. The zero-order valence-corrected chi connectivity index (χ0v) is 10.5. The van der Waals surface area contributed by atoms with Crippen molar-refractivity contribution in [3.05, 3.63) is 0 Å². The summed E-state index contributed by atoms with van der Waals surface area (Å²) >= 11 is 5.97. The Morgan fingerprint density at radius 2 is 1.92 bits per heavy atom. The van der Waals surface area contributed by atoms with Crippen LogP contribution in [0.4, 0.5) is 4.79 Å². The Morgan fingerprint density at radius 1 is 1.38 bits per heavy atom. The van der Waals surface area contributed by atoms with Gasteiger partial charge in [-0.05, 0) is 12.3 Å². The summed E-state index contributed by atoms with van der Waals surface area (Å²) < 4.78 is 2.24. The molecule has 1 heterocycles. The van der Waals surface area contributed by atoms with E-state index in [1.54, 1.807) is 0 Å². The lowest BCUT2D eigenvalue weighted by atomic mass is 10.0. The minimum absolute atomic E-state index is 0.212. The van der Waals surface area contributed by atoms with Crippen molar-refractivity contribution < 1.29 is 9.59 Å². The Balaban J connectivity index is 2.75. The van der Waals surface area contributed by atoms with Gasteiger partial charge in [0, 0.05) is 0 Å². The Hall–Kier alpha value is -0.100. The SMILES string of the molecule is CC(C)CC1C(=O)N(Br)C(=O)N1Br. The molecule has 0 N–H and O–H groups in total. The fourth-order valence-electron chi connectivity index (χ4n) is 1.18. The van der Waals surface area contributed by atoms with Crippen molar-refractivity contribution in [1.29, 1.82) is 0 Å². The zero-order chi connectivity index (χ0) is 10.2. The van der Waals surface area contributed by atoms with Crippen molar-refractivity contribution in [2.75, 3.05) is 0 Å². The molecule has 0 saturated carbocycles. The minimum atomic E-state index is -0.383. The van der Waals surface area contributed by atoms with E-state index in [-0.39, 0.29) is 18.0 Å². The number of amides is 3. The molecule has 6 heteroatoms. The summed E-state index contributed by atoms with van der Waals surface area (Å²) in [5.41, 5.74) is 0. The van der Waals surface area contributed by atoms with Crippen LogP contribution in [0.1, 0.15) is 20.3 Å². The number of hydrogen-bond acceptors (Lipinski definition) is 2. The van der Waals surface area contributed by atoms with Gasteiger partial charge in [0.15, 0.2) is 0 Å². The average Bonchev–Trinajstić information content (AvgIpc) is 2.22. The predicted octanol–water partition coefficient (Wildman–Crippen LogP) is 2.29. The first-order valence-corrected chi connectivity index (χ1v) is 5.35. The second-order valence-electron chi connectivity index (χ2n) is 3.36. The van der Waals surface area contributed by atoms with E-state index in [1.807, 2.05) is 13.8 Å². The number of halogens is 2. The first-order chi connectivity index (χ1) is 5.95. The van der Waals surface area contributed by atoms with E-state index < -0.39 is 0 Å². The smallest absolute Gasteiger partial charge is 0.271 e. The largest absolute Gasteiger partial charge is 0.347 e. The molecule has 0 aromatic rings. The first-order valence-electron chi connectivity index (χ1n) is 3.94. The molecule has 1 aliphatic rings. The van der Waals surface area contributed by atoms with Crippen molar-refractivity contribution in [1.82, 2.24) is 7.85 Å². The number of rotatable bonds is 2. The molecule has 0 aliphatic carbocycles. The van der Waals surface area contributed by atoms with Gasteiger partial charge in [-0.25, -0.2) is 8.72 Å². The lowest BCUT2D eigenvalue weighted by molar-refractivity contribution is -0.124. The molecular weight excluding hydrogens is 304 g/mol. The summed E-state index contributed by atoms with van der Waals surface area (Å²) in [6.07, 6.45) is 0.665. The van der Waals surface area contributed by atoms with Gasteiger partial charge in [-0.15, -0.1) is 0 Å². The van der Waals surface area contributed by atoms with E-state index in [1.165, 1.54) is 3.93 Å². The Kier molecular flexibility index (Phi) is 3.34. The zero-order valence-electron chi connectivity index (χ0n) is 7.33. The van der Waals surface area contributed by atoms with E-state index in [4.69, 9.17) is 0 Å². The highest BCUT2D eigenvalue weighted by Gasteiger charge is 2.43. The molecule has 1 fully saturated rings. The highest BCUT2D eigenvalue weighted by molar-refractivity contribution is 9.08. The summed E-state index contributed by atoms with van der Waals surface area (Å²) in [5, 5.41) is 0. The van der Waals surface area contributed by atoms with E-state index in [2.05, 4.69) is 32.3 Å². The molecule has 0 spiro atoms. The Labute approximate surface area is 93.9 Å². The number of nitrogens with zero attached hydrogens (tertiary/aromatic N) is 2. The third-order valence-corrected chi connectivity index (χ3v) is 3.25. The molecule has 1 atom stereocenters. The van der Waals surface area contributed by atoms with Gasteiger partial charge in [0.05, 0.1) is 32.3 Å². The molecule has 0 aromatic carbocycles. The van der Waals surface area contributed by atoms with Crippen LogP contribution < -0.4 is 0 Å². The maximum absolute atomic E-state index is 11.4. The predicted molar refractivity (Wildman–Crippen MR) is 55.2 cm³/mol. The monoisotopic (exact) mass is 312 g/mol. The van der Waals surface area contributed by atoms with Crippen LogP contribution in [-0.4, -0.2) is 25.8 Å². The van der Waals surface area contributed by atoms with Gasteiger partial charge in [-0.1, -0.05) is 13.8 Å². The molecule has 0 bridgehead atoms. The van der Waals surface area contributed by atoms with Gasteiger partial charge in [0.2, 0.25) is 0 Å². The van der Waals surface area contributed by atoms with Gasteiger partial charge in [0.25, 0.3) is 5.91 Å². The summed E-state index contributed by atoms with van der Waals surface area (Å²) in [7, 11) is 0. The third kappa shape index (κ3) is 2.04. The van der Waals surface area contributed by atoms with Crippen molar-refractivity contribution >= 4 is 44.2 Å². The number of hydrogen-bond donors (Lipinski definition) is 0. The van der Waals surface area contributed by atoms with Gasteiger partial charge < -0.3 is 0 Å². The lowest BCUT2D eigenvalue weighted by Crippen LogP contribution is -2.28. The van der Waals surface area contributed by atoms with E-state index in [0.717, 1.165) is 3.93 Å². The number of urea groups is 1. The van der Waals surface area contributed by atoms with Crippen LogP contribution in [0.3, 0.4) is 0 Å². The standard InChI is InChI=1S/C7H10Br2N2O2/c1-4(2)3-5-6(12)11(9)7(13)10(5)8/h4-5H,3H2,1-2H3. The maximum atomic E-state index is 11.4. The van der Waals surface area contributed by atoms with Crippen molar-refractivity contribution in [3.8, 4) is 0 Å². The summed E-state index contributed by atoms with van der Waals surface area (Å²) in [6, 6.07) is -0.748. The molecule has 1 rings (SSSR count). The molecule has 1 aliphatic heterocycles. The first kappa shape index (κ1) is 11.0. The lowest BCUT2D eigenvalue weighted by Gasteiger charge is -2.14. The van der Waals surface area contributed by atoms with Crippen LogP contribution in [-0.2, 0) is 4.79 Å². The van der Waals surface area contributed by atoms with Crippen LogP contribution >= 0.6 is 32.3 Å². The fraction of sp³-hybridized carbons (Fsp3) is 0.714. The molecule has 13 heavy (non-hydrogen) atoms. The molecule has 1 unspecified atom stereocenters. The molecule has 3 amide bonds. The van der Waals surface area contributed by atoms with E-state index in [9.17, 15) is 9.59 Å². The van der Waals surface area contributed by atoms with Gasteiger partial charge >= 0.3 is 6.03 Å². The van der Waals surface area contributed by atoms with Crippen LogP contribution in [0.5, 0.6) is 0 Å². The Morgan fingerprint density at radius 3 is 2.23 bits per heavy atom. The van der Waals surface area contributed by atoms with Crippen LogP contribution in [0.25, 0.3) is 0 Å². The van der Waals surface area contributed by atoms with Crippen molar-refractivity contribution in [3.63, 3.8) is 0 Å². The van der Waals surface area contributed by atoms with Gasteiger partial charge in [-0.2, -0.15) is 3.93 Å². The highest BCUT2D eigenvalue weighted by Crippen LogP contribution is 2.27. The second-order valence-corrected chi connectivity index (χ2v) is 4.83. The Bertz CT molecular complexity index is 245. The molecule has 1 saturated heterocycles. The van der Waals surface area contributed by atoms with E-state index in [0.29, 0.717) is 12.3 Å². The molecule has 4 nitrogen and oxygen atoms in total.